The van der Waals surface area contributed by atoms with Crippen molar-refractivity contribution in [1.82, 2.24) is 0 Å². The molecule has 0 unspecified atom stereocenters. The number of benzene rings is 1. The molecule has 0 bridgehead atoms. The first kappa shape index (κ1) is 15.7. The fraction of sp³-hybridized carbons (Fsp3) is 0.462. The third-order valence-corrected chi connectivity index (χ3v) is 4.51. The Bertz CT molecular complexity index is 516. The van der Waals surface area contributed by atoms with Gasteiger partial charge < -0.3 is 15.5 Å². The summed E-state index contributed by atoms with van der Waals surface area (Å²) in [4.78, 5) is 12.0. The van der Waals surface area contributed by atoms with E-state index in [0.717, 1.165) is 12.8 Å². The van der Waals surface area contributed by atoms with E-state index in [-0.39, 0.29) is 32.9 Å². The average Bonchev–Trinajstić information content (AvgIpc) is 2.78. The Hall–Kier alpha value is -0.680. The van der Waals surface area contributed by atoms with E-state index in [1.165, 1.54) is 6.07 Å². The lowest BCUT2D eigenvalue weighted by Gasteiger charge is -2.21. The van der Waals surface area contributed by atoms with Crippen molar-refractivity contribution in [2.45, 2.75) is 37.7 Å². The number of aromatic hydroxyl groups is 1. The van der Waals surface area contributed by atoms with Gasteiger partial charge in [0.1, 0.15) is 5.69 Å². The fourth-order valence-electron chi connectivity index (χ4n) is 2.39. The van der Waals surface area contributed by atoms with Gasteiger partial charge in [0, 0.05) is 0 Å². The third-order valence-electron chi connectivity index (χ3n) is 3.43. The zero-order chi connectivity index (χ0) is 14.9. The number of nitrogens with one attached hydrogen (secondary N) is 1. The van der Waals surface area contributed by atoms with E-state index in [1.54, 1.807) is 0 Å². The second kappa shape index (κ2) is 5.98. The van der Waals surface area contributed by atoms with Gasteiger partial charge in [-0.25, -0.2) is 0 Å². The molecule has 4 nitrogen and oxygen atoms in total. The smallest absolute Gasteiger partial charge is 0.227 e. The first-order valence-corrected chi connectivity index (χ1v) is 7.34. The summed E-state index contributed by atoms with van der Waals surface area (Å²) >= 11 is 17.6. The van der Waals surface area contributed by atoms with Gasteiger partial charge in [0.2, 0.25) is 5.91 Å². The summed E-state index contributed by atoms with van der Waals surface area (Å²) in [5, 5.41) is 22.6. The largest absolute Gasteiger partial charge is 0.504 e. The van der Waals surface area contributed by atoms with Gasteiger partial charge in [0.15, 0.2) is 5.75 Å². The van der Waals surface area contributed by atoms with Crippen molar-refractivity contribution < 1.29 is 15.0 Å². The number of halogens is 3. The maximum atomic E-state index is 12.0. The lowest BCUT2D eigenvalue weighted by atomic mass is 9.97. The summed E-state index contributed by atoms with van der Waals surface area (Å²) in [6, 6.07) is 1.29. The van der Waals surface area contributed by atoms with Crippen LogP contribution in [0.1, 0.15) is 32.1 Å². The average molecular weight is 339 g/mol. The molecule has 3 N–H and O–H groups in total. The Morgan fingerprint density at radius 3 is 2.45 bits per heavy atom. The second-order valence-corrected chi connectivity index (χ2v) is 6.23. The molecule has 1 aliphatic carbocycles. The Morgan fingerprint density at radius 1 is 1.25 bits per heavy atom. The van der Waals surface area contributed by atoms with Crippen LogP contribution in [-0.4, -0.2) is 21.7 Å². The molecule has 1 fully saturated rings. The number of carbonyl (C=O) groups is 1. The number of hydrogen-bond donors (Lipinski definition) is 3. The summed E-state index contributed by atoms with van der Waals surface area (Å²) < 4.78 is 0. The van der Waals surface area contributed by atoms with Crippen molar-refractivity contribution in [1.29, 1.82) is 0 Å². The molecule has 0 atom stereocenters. The van der Waals surface area contributed by atoms with Crippen LogP contribution in [0.25, 0.3) is 0 Å². The standard InChI is InChI=1S/C13H14Cl3NO3/c14-7-5-8(15)12(19)11(10(7)16)17-9(18)6-13(20)3-1-2-4-13/h5,19-20H,1-4,6H2,(H,17,18). The first-order chi connectivity index (χ1) is 9.32. The van der Waals surface area contributed by atoms with Gasteiger partial charge in [-0.15, -0.1) is 0 Å². The maximum absolute atomic E-state index is 12.0. The fourth-order valence-corrected chi connectivity index (χ4v) is 3.05. The normalized spacial score (nSPS) is 17.2. The lowest BCUT2D eigenvalue weighted by molar-refractivity contribution is -0.120. The number of phenolic OH excluding ortho intramolecular Hbond substituents is 1. The minimum atomic E-state index is -0.978. The highest BCUT2D eigenvalue weighted by Gasteiger charge is 2.33. The van der Waals surface area contributed by atoms with Crippen LogP contribution in [0.15, 0.2) is 6.07 Å². The molecule has 2 rings (SSSR count). The van der Waals surface area contributed by atoms with Crippen LogP contribution in [0.5, 0.6) is 5.75 Å². The lowest BCUT2D eigenvalue weighted by Crippen LogP contribution is -2.30. The van der Waals surface area contributed by atoms with Gasteiger partial charge in [0.25, 0.3) is 0 Å². The van der Waals surface area contributed by atoms with E-state index in [2.05, 4.69) is 5.32 Å². The van der Waals surface area contributed by atoms with Crippen LogP contribution >= 0.6 is 34.8 Å². The number of carbonyl (C=O) groups excluding carboxylic acids is 1. The quantitative estimate of drug-likeness (QED) is 0.576. The van der Waals surface area contributed by atoms with E-state index < -0.39 is 11.5 Å². The molecule has 110 valence electrons. The monoisotopic (exact) mass is 337 g/mol. The molecule has 0 spiro atoms. The van der Waals surface area contributed by atoms with E-state index in [4.69, 9.17) is 34.8 Å². The van der Waals surface area contributed by atoms with Crippen molar-refractivity contribution in [3.05, 3.63) is 21.1 Å². The molecule has 1 aromatic rings. The SMILES string of the molecule is O=C(CC1(O)CCCC1)Nc1c(O)c(Cl)cc(Cl)c1Cl. The maximum Gasteiger partial charge on any atom is 0.227 e. The van der Waals surface area contributed by atoms with Crippen molar-refractivity contribution >= 4 is 46.4 Å². The predicted molar refractivity (Wildman–Crippen MR) is 79.8 cm³/mol. The third kappa shape index (κ3) is 3.31. The summed E-state index contributed by atoms with van der Waals surface area (Å²) in [7, 11) is 0. The Labute approximate surface area is 131 Å². The van der Waals surface area contributed by atoms with Crippen LogP contribution in [0.3, 0.4) is 0 Å². The van der Waals surface area contributed by atoms with Crippen molar-refractivity contribution in [2.75, 3.05) is 5.32 Å². The highest BCUT2D eigenvalue weighted by molar-refractivity contribution is 6.46. The van der Waals surface area contributed by atoms with Gasteiger partial charge in [-0.3, -0.25) is 4.79 Å². The number of hydrogen-bond acceptors (Lipinski definition) is 3. The summed E-state index contributed by atoms with van der Waals surface area (Å²) in [5.74, 6) is -0.780. The van der Waals surface area contributed by atoms with E-state index in [0.29, 0.717) is 12.8 Å². The molecule has 20 heavy (non-hydrogen) atoms. The van der Waals surface area contributed by atoms with Crippen LogP contribution < -0.4 is 5.32 Å². The number of anilines is 1. The minimum Gasteiger partial charge on any atom is -0.504 e. The summed E-state index contributed by atoms with van der Waals surface area (Å²) in [5.41, 5.74) is -1.01. The molecular weight excluding hydrogens is 325 g/mol. The minimum absolute atomic E-state index is 0.00530. The van der Waals surface area contributed by atoms with Crippen LogP contribution in [0.4, 0.5) is 5.69 Å². The topological polar surface area (TPSA) is 69.6 Å². The highest BCUT2D eigenvalue weighted by Crippen LogP contribution is 2.43. The molecule has 0 aliphatic heterocycles. The number of rotatable bonds is 3. The zero-order valence-electron chi connectivity index (χ0n) is 10.5. The predicted octanol–water partition coefficient (Wildman–Crippen LogP) is 3.99. The van der Waals surface area contributed by atoms with Gasteiger partial charge >= 0.3 is 0 Å². The molecule has 1 aliphatic rings. The molecule has 0 aromatic heterocycles. The Morgan fingerprint density at radius 2 is 1.85 bits per heavy atom. The number of phenols is 1. The summed E-state index contributed by atoms with van der Waals surface area (Å²) in [6.07, 6.45) is 2.94. The van der Waals surface area contributed by atoms with Gasteiger partial charge in [-0.1, -0.05) is 47.6 Å². The first-order valence-electron chi connectivity index (χ1n) is 6.21. The van der Waals surface area contributed by atoms with Gasteiger partial charge in [-0.2, -0.15) is 0 Å². The molecule has 1 amide bonds. The highest BCUT2D eigenvalue weighted by atomic mass is 35.5. The number of aliphatic hydroxyl groups is 1. The number of amides is 1. The van der Waals surface area contributed by atoms with Crippen LogP contribution in [-0.2, 0) is 4.79 Å². The Kier molecular flexibility index (Phi) is 4.69. The van der Waals surface area contributed by atoms with Crippen molar-refractivity contribution in [2.24, 2.45) is 0 Å². The molecular formula is C13H14Cl3NO3. The zero-order valence-corrected chi connectivity index (χ0v) is 12.8. The van der Waals surface area contributed by atoms with Crippen LogP contribution in [0, 0.1) is 0 Å². The molecule has 0 saturated heterocycles. The van der Waals surface area contributed by atoms with Gasteiger partial charge in [-0.05, 0) is 18.9 Å². The molecule has 1 aromatic carbocycles. The molecule has 0 radical (unpaired) electrons. The molecule has 7 heteroatoms. The summed E-state index contributed by atoms with van der Waals surface area (Å²) in [6.45, 7) is 0. The Balaban J connectivity index is 2.16. The second-order valence-electron chi connectivity index (χ2n) is 5.03. The van der Waals surface area contributed by atoms with Crippen molar-refractivity contribution in [3.8, 4) is 5.75 Å². The van der Waals surface area contributed by atoms with Crippen LogP contribution in [0.2, 0.25) is 15.1 Å². The van der Waals surface area contributed by atoms with Gasteiger partial charge in [0.05, 0.1) is 27.1 Å². The van der Waals surface area contributed by atoms with Crippen molar-refractivity contribution in [3.63, 3.8) is 0 Å². The van der Waals surface area contributed by atoms with E-state index >= 15 is 0 Å². The van der Waals surface area contributed by atoms with E-state index in [9.17, 15) is 15.0 Å². The molecule has 0 heterocycles. The molecule has 1 saturated carbocycles. The van der Waals surface area contributed by atoms with E-state index in [1.807, 2.05) is 0 Å².